The lowest BCUT2D eigenvalue weighted by Crippen LogP contribution is -2.30. The first-order chi connectivity index (χ1) is 40.5. The van der Waals surface area contributed by atoms with Gasteiger partial charge in [-0.15, -0.1) is 0 Å². The SMILES string of the molecule is CC/C=C\C/C=C\C/C=C\C/C=C\C/C=C\CCCCCCCCCCCCCCCC(=O)OCC(COC(=O)CCCCCCCC)OC(=O)CCCCCCCCCCCCCCCCCCC/C=C\CCCCCCCCCC. The molecule has 0 aromatic rings. The lowest BCUT2D eigenvalue weighted by atomic mass is 10.0. The minimum Gasteiger partial charge on any atom is -0.462 e. The standard InChI is InChI=1S/C76H136O6/c1-4-7-10-13-16-18-20-22-24-26-28-30-32-34-36-38-40-42-44-46-48-50-52-54-56-58-60-63-66-69-75(78)81-72-73(71-80-74(77)68-65-62-15-12-9-6-3)82-76(79)70-67-64-61-59-57-55-53-51-49-47-45-43-41-39-37-35-33-31-29-27-25-23-21-19-17-14-11-8-5-2/h7,10,16,18,22,24,27-30,34,36,73H,4-6,8-9,11-15,17,19-21,23,25-26,31-33,35,37-72H2,1-3H3/b10-7-,18-16-,24-22-,29-27-,30-28-,36-34-. The van der Waals surface area contributed by atoms with E-state index in [1.54, 1.807) is 0 Å². The summed E-state index contributed by atoms with van der Waals surface area (Å²) in [5.74, 6) is -0.862. The summed E-state index contributed by atoms with van der Waals surface area (Å²) in [5.41, 5.74) is 0. The highest BCUT2D eigenvalue weighted by molar-refractivity contribution is 5.71. The van der Waals surface area contributed by atoms with Gasteiger partial charge in [-0.2, -0.15) is 0 Å². The first-order valence-electron chi connectivity index (χ1n) is 35.9. The van der Waals surface area contributed by atoms with E-state index < -0.39 is 6.10 Å². The molecule has 0 saturated carbocycles. The minimum absolute atomic E-state index is 0.0714. The molecule has 0 heterocycles. The Morgan fingerprint density at radius 1 is 0.256 bits per heavy atom. The van der Waals surface area contributed by atoms with E-state index >= 15 is 0 Å². The highest BCUT2D eigenvalue weighted by Crippen LogP contribution is 2.18. The van der Waals surface area contributed by atoms with Crippen LogP contribution in [0.3, 0.4) is 0 Å². The van der Waals surface area contributed by atoms with E-state index in [4.69, 9.17) is 14.2 Å². The average molecular weight is 1150 g/mol. The molecule has 1 atom stereocenters. The Bertz CT molecular complexity index is 1500. The van der Waals surface area contributed by atoms with E-state index in [0.717, 1.165) is 89.9 Å². The summed E-state index contributed by atoms with van der Waals surface area (Å²) in [6.45, 7) is 6.52. The van der Waals surface area contributed by atoms with Crippen LogP contribution in [0.5, 0.6) is 0 Å². The monoisotopic (exact) mass is 1150 g/mol. The normalized spacial score (nSPS) is 12.5. The number of hydrogen-bond donors (Lipinski definition) is 0. The molecule has 0 fully saturated rings. The van der Waals surface area contributed by atoms with Crippen LogP contribution in [0.25, 0.3) is 0 Å². The van der Waals surface area contributed by atoms with Gasteiger partial charge in [0.1, 0.15) is 13.2 Å². The smallest absolute Gasteiger partial charge is 0.306 e. The fourth-order valence-electron chi connectivity index (χ4n) is 10.6. The number of ether oxygens (including phenoxy) is 3. The highest BCUT2D eigenvalue weighted by atomic mass is 16.6. The zero-order valence-corrected chi connectivity index (χ0v) is 54.8. The quantitative estimate of drug-likeness (QED) is 0.0261. The summed E-state index contributed by atoms with van der Waals surface area (Å²) in [7, 11) is 0. The number of hydrogen-bond acceptors (Lipinski definition) is 6. The Morgan fingerprint density at radius 3 is 0.756 bits per heavy atom. The van der Waals surface area contributed by atoms with Crippen molar-refractivity contribution in [3.8, 4) is 0 Å². The molecule has 0 aliphatic rings. The van der Waals surface area contributed by atoms with Gasteiger partial charge in [-0.3, -0.25) is 14.4 Å². The van der Waals surface area contributed by atoms with Crippen LogP contribution in [0.4, 0.5) is 0 Å². The van der Waals surface area contributed by atoms with Crippen molar-refractivity contribution < 1.29 is 28.6 Å². The fourth-order valence-corrected chi connectivity index (χ4v) is 10.6. The van der Waals surface area contributed by atoms with Crippen LogP contribution >= 0.6 is 0 Å². The van der Waals surface area contributed by atoms with E-state index in [2.05, 4.69) is 93.7 Å². The van der Waals surface area contributed by atoms with Gasteiger partial charge in [0.15, 0.2) is 6.10 Å². The first kappa shape index (κ1) is 78.8. The van der Waals surface area contributed by atoms with Crippen molar-refractivity contribution >= 4 is 17.9 Å². The molecule has 0 spiro atoms. The van der Waals surface area contributed by atoms with Gasteiger partial charge < -0.3 is 14.2 Å². The molecule has 0 aromatic heterocycles. The highest BCUT2D eigenvalue weighted by Gasteiger charge is 2.19. The second kappa shape index (κ2) is 70.3. The molecule has 1 unspecified atom stereocenters. The minimum atomic E-state index is -0.771. The Labute approximate surface area is 510 Å². The number of carbonyl (C=O) groups excluding carboxylic acids is 3. The zero-order chi connectivity index (χ0) is 59.2. The topological polar surface area (TPSA) is 78.9 Å². The maximum atomic E-state index is 12.9. The predicted molar refractivity (Wildman–Crippen MR) is 358 cm³/mol. The van der Waals surface area contributed by atoms with Crippen molar-refractivity contribution in [3.05, 3.63) is 72.9 Å². The van der Waals surface area contributed by atoms with Crippen LogP contribution in [0.1, 0.15) is 374 Å². The molecule has 0 aliphatic heterocycles. The van der Waals surface area contributed by atoms with Crippen molar-refractivity contribution in [2.45, 2.75) is 380 Å². The second-order valence-electron chi connectivity index (χ2n) is 24.1. The Hall–Kier alpha value is -3.15. The van der Waals surface area contributed by atoms with Crippen molar-refractivity contribution in [2.24, 2.45) is 0 Å². The number of esters is 3. The van der Waals surface area contributed by atoms with Gasteiger partial charge in [-0.25, -0.2) is 0 Å². The molecule has 0 aliphatic carbocycles. The maximum Gasteiger partial charge on any atom is 0.306 e. The summed E-state index contributed by atoms with van der Waals surface area (Å²) in [5, 5.41) is 0. The zero-order valence-electron chi connectivity index (χ0n) is 54.8. The summed E-state index contributed by atoms with van der Waals surface area (Å²) in [6.07, 6.45) is 92.7. The van der Waals surface area contributed by atoms with Crippen LogP contribution in [-0.4, -0.2) is 37.2 Å². The fraction of sp³-hybridized carbons (Fsp3) is 0.803. The van der Waals surface area contributed by atoms with Gasteiger partial charge in [0.05, 0.1) is 0 Å². The van der Waals surface area contributed by atoms with Crippen molar-refractivity contribution in [3.63, 3.8) is 0 Å². The lowest BCUT2D eigenvalue weighted by Gasteiger charge is -2.18. The van der Waals surface area contributed by atoms with Gasteiger partial charge in [0.2, 0.25) is 0 Å². The molecule has 0 amide bonds. The molecule has 82 heavy (non-hydrogen) atoms. The van der Waals surface area contributed by atoms with E-state index in [1.807, 2.05) is 0 Å². The molecular formula is C76H136O6. The van der Waals surface area contributed by atoms with Gasteiger partial charge >= 0.3 is 17.9 Å². The molecule has 0 saturated heterocycles. The van der Waals surface area contributed by atoms with E-state index in [1.165, 1.54) is 244 Å². The largest absolute Gasteiger partial charge is 0.462 e. The Kier molecular flexibility index (Phi) is 67.6. The van der Waals surface area contributed by atoms with Crippen LogP contribution in [-0.2, 0) is 28.6 Å². The van der Waals surface area contributed by atoms with Gasteiger partial charge in [0.25, 0.3) is 0 Å². The third-order valence-corrected chi connectivity index (χ3v) is 15.9. The van der Waals surface area contributed by atoms with E-state index in [9.17, 15) is 14.4 Å². The number of allylic oxidation sites excluding steroid dienone is 12. The summed E-state index contributed by atoms with van der Waals surface area (Å²) < 4.78 is 16.9. The van der Waals surface area contributed by atoms with E-state index in [0.29, 0.717) is 19.3 Å². The molecule has 0 N–H and O–H groups in total. The number of unbranched alkanes of at least 4 members (excludes halogenated alkanes) is 43. The van der Waals surface area contributed by atoms with Crippen molar-refractivity contribution in [2.75, 3.05) is 13.2 Å². The van der Waals surface area contributed by atoms with Crippen molar-refractivity contribution in [1.29, 1.82) is 0 Å². The van der Waals surface area contributed by atoms with Crippen LogP contribution in [0.15, 0.2) is 72.9 Å². The summed E-state index contributed by atoms with van der Waals surface area (Å²) >= 11 is 0. The summed E-state index contributed by atoms with van der Waals surface area (Å²) in [6, 6.07) is 0. The first-order valence-corrected chi connectivity index (χ1v) is 35.9. The maximum absolute atomic E-state index is 12.9. The average Bonchev–Trinajstić information content (AvgIpc) is 3.47. The van der Waals surface area contributed by atoms with Crippen LogP contribution in [0.2, 0.25) is 0 Å². The molecule has 6 heteroatoms. The molecule has 476 valence electrons. The van der Waals surface area contributed by atoms with Crippen molar-refractivity contribution in [1.82, 2.24) is 0 Å². The molecule has 0 radical (unpaired) electrons. The lowest BCUT2D eigenvalue weighted by molar-refractivity contribution is -0.167. The predicted octanol–water partition coefficient (Wildman–Crippen LogP) is 24.8. The second-order valence-corrected chi connectivity index (χ2v) is 24.1. The molecular weight excluding hydrogens is 1010 g/mol. The van der Waals surface area contributed by atoms with Gasteiger partial charge in [-0.1, -0.05) is 338 Å². The van der Waals surface area contributed by atoms with Gasteiger partial charge in [0, 0.05) is 19.3 Å². The molecule has 0 aromatic carbocycles. The third-order valence-electron chi connectivity index (χ3n) is 15.9. The van der Waals surface area contributed by atoms with Crippen LogP contribution in [0, 0.1) is 0 Å². The number of rotatable bonds is 66. The summed E-state index contributed by atoms with van der Waals surface area (Å²) in [4.78, 5) is 38.1. The van der Waals surface area contributed by atoms with Gasteiger partial charge in [-0.05, 0) is 89.9 Å². The Morgan fingerprint density at radius 2 is 0.476 bits per heavy atom. The van der Waals surface area contributed by atoms with Crippen LogP contribution < -0.4 is 0 Å². The Balaban J connectivity index is 3.99. The number of carbonyl (C=O) groups is 3. The van der Waals surface area contributed by atoms with E-state index in [-0.39, 0.29) is 31.1 Å². The molecule has 6 nitrogen and oxygen atoms in total. The third kappa shape index (κ3) is 67.6. The molecule has 0 rings (SSSR count). The molecule has 0 bridgehead atoms.